The molecular formula is C26H16BrNO2. The Kier molecular flexibility index (Phi) is 3.68. The minimum Gasteiger partial charge on any atom is -0.465 e. The maximum absolute atomic E-state index is 12.5. The summed E-state index contributed by atoms with van der Waals surface area (Å²) in [5.41, 5.74) is 4.80. The molecule has 6 rings (SSSR count). The molecule has 0 unspecified atom stereocenters. The van der Waals surface area contributed by atoms with Crippen molar-refractivity contribution in [2.75, 3.05) is 7.11 Å². The molecule has 0 saturated carbocycles. The van der Waals surface area contributed by atoms with E-state index in [9.17, 15) is 4.79 Å². The number of rotatable bonds is 2. The van der Waals surface area contributed by atoms with Crippen molar-refractivity contribution < 1.29 is 9.53 Å². The van der Waals surface area contributed by atoms with Crippen LogP contribution in [-0.2, 0) is 4.74 Å². The first-order valence-electron chi connectivity index (χ1n) is 9.72. The van der Waals surface area contributed by atoms with Gasteiger partial charge in [-0.15, -0.1) is 0 Å². The van der Waals surface area contributed by atoms with Gasteiger partial charge in [-0.05, 0) is 40.6 Å². The zero-order chi connectivity index (χ0) is 20.4. The summed E-state index contributed by atoms with van der Waals surface area (Å²) in [6.07, 6.45) is 2.15. The first kappa shape index (κ1) is 17.5. The van der Waals surface area contributed by atoms with Gasteiger partial charge in [-0.25, -0.2) is 4.79 Å². The van der Waals surface area contributed by atoms with Crippen LogP contribution in [0.1, 0.15) is 10.4 Å². The number of carbonyl (C=O) groups excluding carboxylic acids is 1. The van der Waals surface area contributed by atoms with Crippen LogP contribution in [0.3, 0.4) is 0 Å². The highest BCUT2D eigenvalue weighted by molar-refractivity contribution is 9.10. The number of para-hydroxylation sites is 1. The topological polar surface area (TPSA) is 30.7 Å². The van der Waals surface area contributed by atoms with Gasteiger partial charge in [-0.2, -0.15) is 0 Å². The average Bonchev–Trinajstić information content (AvgIpc) is 3.31. The van der Waals surface area contributed by atoms with Crippen molar-refractivity contribution in [3.63, 3.8) is 0 Å². The molecular weight excluding hydrogens is 438 g/mol. The van der Waals surface area contributed by atoms with E-state index < -0.39 is 0 Å². The molecule has 0 aliphatic rings. The number of hydrogen-bond donors (Lipinski definition) is 0. The fourth-order valence-electron chi connectivity index (χ4n) is 4.66. The standard InChI is InChI=1S/C26H16BrNO2/c1-30-26(29)21-13-16(27)10-11-18(21)22-14-28-23-9-5-4-8-19(23)24-17-7-3-2-6-15(17)12-20(22)25(24)28/h2-14H,1H3. The molecule has 0 aliphatic heterocycles. The lowest BCUT2D eigenvalue weighted by Crippen LogP contribution is -2.03. The van der Waals surface area contributed by atoms with Crippen LogP contribution >= 0.6 is 15.9 Å². The van der Waals surface area contributed by atoms with Gasteiger partial charge in [0.15, 0.2) is 0 Å². The van der Waals surface area contributed by atoms with E-state index in [4.69, 9.17) is 4.74 Å². The van der Waals surface area contributed by atoms with E-state index in [0.717, 1.165) is 26.5 Å². The van der Waals surface area contributed by atoms with E-state index in [2.05, 4.69) is 81.1 Å². The third-order valence-corrected chi connectivity index (χ3v) is 6.41. The van der Waals surface area contributed by atoms with Gasteiger partial charge in [0.05, 0.1) is 23.7 Å². The highest BCUT2D eigenvalue weighted by Gasteiger charge is 2.22. The molecule has 6 aromatic rings. The quantitative estimate of drug-likeness (QED) is 0.263. The van der Waals surface area contributed by atoms with E-state index >= 15 is 0 Å². The van der Waals surface area contributed by atoms with Gasteiger partial charge in [-0.1, -0.05) is 64.5 Å². The fraction of sp³-hybridized carbons (Fsp3) is 0.0385. The first-order chi connectivity index (χ1) is 14.7. The normalized spacial score (nSPS) is 11.8. The Bertz CT molecular complexity index is 1600. The number of fused-ring (bicyclic) bond motifs is 5. The summed E-state index contributed by atoms with van der Waals surface area (Å²) in [6, 6.07) is 25.0. The Morgan fingerprint density at radius 3 is 2.47 bits per heavy atom. The molecule has 4 aromatic carbocycles. The van der Waals surface area contributed by atoms with Crippen LogP contribution in [0.15, 0.2) is 83.5 Å². The minimum atomic E-state index is -0.342. The van der Waals surface area contributed by atoms with Crippen LogP contribution in [0.4, 0.5) is 0 Å². The summed E-state index contributed by atoms with van der Waals surface area (Å²) in [6.45, 7) is 0. The lowest BCUT2D eigenvalue weighted by molar-refractivity contribution is 0.0601. The Morgan fingerprint density at radius 1 is 0.867 bits per heavy atom. The number of methoxy groups -OCH3 is 1. The summed E-state index contributed by atoms with van der Waals surface area (Å²) in [5.74, 6) is -0.342. The largest absolute Gasteiger partial charge is 0.465 e. The van der Waals surface area contributed by atoms with Gasteiger partial charge in [0.1, 0.15) is 0 Å². The van der Waals surface area contributed by atoms with Gasteiger partial charge in [-0.3, -0.25) is 0 Å². The molecule has 144 valence electrons. The summed E-state index contributed by atoms with van der Waals surface area (Å²) in [5, 5.41) is 6.05. The first-order valence-corrected chi connectivity index (χ1v) is 10.5. The second-order valence-electron chi connectivity index (χ2n) is 7.48. The summed E-state index contributed by atoms with van der Waals surface area (Å²) >= 11 is 3.49. The van der Waals surface area contributed by atoms with Crippen molar-refractivity contribution in [1.29, 1.82) is 0 Å². The average molecular weight is 454 g/mol. The number of esters is 1. The van der Waals surface area contributed by atoms with Crippen molar-refractivity contribution in [1.82, 2.24) is 4.40 Å². The third kappa shape index (κ3) is 2.28. The Hall–Kier alpha value is -3.37. The van der Waals surface area contributed by atoms with Crippen LogP contribution in [0.2, 0.25) is 0 Å². The molecule has 2 heterocycles. The predicted molar refractivity (Wildman–Crippen MR) is 126 cm³/mol. The highest BCUT2D eigenvalue weighted by atomic mass is 79.9. The molecule has 4 heteroatoms. The van der Waals surface area contributed by atoms with E-state index in [-0.39, 0.29) is 5.97 Å². The van der Waals surface area contributed by atoms with Crippen molar-refractivity contribution >= 4 is 59.9 Å². The number of benzene rings is 4. The van der Waals surface area contributed by atoms with Crippen LogP contribution in [0.5, 0.6) is 0 Å². The van der Waals surface area contributed by atoms with Crippen molar-refractivity contribution in [3.8, 4) is 11.1 Å². The number of carbonyl (C=O) groups is 1. The van der Waals surface area contributed by atoms with E-state index in [1.165, 1.54) is 34.2 Å². The van der Waals surface area contributed by atoms with Gasteiger partial charge >= 0.3 is 5.97 Å². The van der Waals surface area contributed by atoms with Crippen LogP contribution in [0, 0.1) is 0 Å². The second-order valence-corrected chi connectivity index (χ2v) is 8.40. The van der Waals surface area contributed by atoms with E-state index in [0.29, 0.717) is 5.56 Å². The van der Waals surface area contributed by atoms with Gasteiger partial charge in [0.2, 0.25) is 0 Å². The molecule has 30 heavy (non-hydrogen) atoms. The van der Waals surface area contributed by atoms with E-state index in [1.807, 2.05) is 18.2 Å². The number of halogens is 1. The smallest absolute Gasteiger partial charge is 0.338 e. The molecule has 0 aliphatic carbocycles. The molecule has 0 fully saturated rings. The lowest BCUT2D eigenvalue weighted by atomic mass is 9.95. The molecule has 0 atom stereocenters. The molecule has 0 bridgehead atoms. The number of hydrogen-bond acceptors (Lipinski definition) is 2. The van der Waals surface area contributed by atoms with E-state index in [1.54, 1.807) is 0 Å². The summed E-state index contributed by atoms with van der Waals surface area (Å²) in [7, 11) is 1.42. The van der Waals surface area contributed by atoms with Gasteiger partial charge < -0.3 is 9.14 Å². The molecule has 3 nitrogen and oxygen atoms in total. The number of nitrogens with zero attached hydrogens (tertiary/aromatic N) is 1. The monoisotopic (exact) mass is 453 g/mol. The maximum atomic E-state index is 12.5. The van der Waals surface area contributed by atoms with Crippen molar-refractivity contribution in [2.24, 2.45) is 0 Å². The van der Waals surface area contributed by atoms with Gasteiger partial charge in [0.25, 0.3) is 0 Å². The maximum Gasteiger partial charge on any atom is 0.338 e. The zero-order valence-corrected chi connectivity index (χ0v) is 17.7. The second kappa shape index (κ2) is 6.31. The predicted octanol–water partition coefficient (Wildman–Crippen LogP) is 7.05. The van der Waals surface area contributed by atoms with Crippen LogP contribution in [0.25, 0.3) is 49.1 Å². The minimum absolute atomic E-state index is 0.342. The highest BCUT2D eigenvalue weighted by Crippen LogP contribution is 2.43. The Balaban J connectivity index is 1.83. The summed E-state index contributed by atoms with van der Waals surface area (Å²) in [4.78, 5) is 12.5. The van der Waals surface area contributed by atoms with Crippen molar-refractivity contribution in [3.05, 3.63) is 89.0 Å². The lowest BCUT2D eigenvalue weighted by Gasteiger charge is -2.09. The molecule has 0 amide bonds. The molecule has 0 saturated heterocycles. The Labute approximate surface area is 181 Å². The SMILES string of the molecule is COC(=O)c1cc(Br)ccc1-c1cn2c3ccccc3c3c4ccccc4cc1c32. The van der Waals surface area contributed by atoms with Crippen LogP contribution < -0.4 is 0 Å². The Morgan fingerprint density at radius 2 is 1.63 bits per heavy atom. The summed E-state index contributed by atoms with van der Waals surface area (Å²) < 4.78 is 8.17. The molecule has 0 spiro atoms. The van der Waals surface area contributed by atoms with Gasteiger partial charge in [0, 0.05) is 32.4 Å². The number of aromatic nitrogens is 1. The molecule has 0 N–H and O–H groups in total. The molecule has 0 radical (unpaired) electrons. The fourth-order valence-corrected chi connectivity index (χ4v) is 5.02. The van der Waals surface area contributed by atoms with Crippen molar-refractivity contribution in [2.45, 2.75) is 0 Å². The zero-order valence-electron chi connectivity index (χ0n) is 16.1. The number of ether oxygens (including phenoxy) is 1. The third-order valence-electron chi connectivity index (χ3n) is 5.92. The molecule has 2 aromatic heterocycles. The van der Waals surface area contributed by atoms with Crippen LogP contribution in [-0.4, -0.2) is 17.5 Å².